The number of hydrogen-bond acceptors (Lipinski definition) is 4. The minimum Gasteiger partial charge on any atom is -0.385 e. The van der Waals surface area contributed by atoms with Gasteiger partial charge in [0.25, 0.3) is 0 Å². The van der Waals surface area contributed by atoms with E-state index in [1.165, 1.54) is 7.11 Å². The second kappa shape index (κ2) is 13.5. The summed E-state index contributed by atoms with van der Waals surface area (Å²) in [4.78, 5) is 20.2. The molecule has 1 atom stereocenters. The molecule has 0 aliphatic carbocycles. The van der Waals surface area contributed by atoms with Crippen LogP contribution in [-0.2, 0) is 9.47 Å². The predicted octanol–water partition coefficient (Wildman–Crippen LogP) is -0.272. The van der Waals surface area contributed by atoms with Crippen molar-refractivity contribution in [1.82, 2.24) is 10.6 Å². The maximum atomic E-state index is 10.2. The molecule has 0 fully saturated rings. The average Bonchev–Trinajstić information content (AvgIpc) is 2.32. The van der Waals surface area contributed by atoms with Crippen LogP contribution in [0.1, 0.15) is 19.8 Å². The van der Waals surface area contributed by atoms with Crippen LogP contribution >= 0.6 is 0 Å². The molecule has 108 valence electrons. The molecule has 4 amide bonds. The molecule has 0 heterocycles. The van der Waals surface area contributed by atoms with Gasteiger partial charge in [-0.2, -0.15) is 0 Å². The number of amides is 4. The summed E-state index contributed by atoms with van der Waals surface area (Å²) in [5, 5.41) is 4.84. The van der Waals surface area contributed by atoms with Gasteiger partial charge < -0.3 is 31.6 Å². The minimum atomic E-state index is -0.552. The van der Waals surface area contributed by atoms with Gasteiger partial charge in [-0.3, -0.25) is 0 Å². The number of nitrogens with one attached hydrogen (secondary N) is 2. The fourth-order valence-electron chi connectivity index (χ4n) is 0.914. The number of nitrogens with two attached hydrogens (primary N) is 2. The fraction of sp³-hybridized carbons (Fsp3) is 0.800. The molecular weight excluding hydrogens is 240 g/mol. The first-order valence-corrected chi connectivity index (χ1v) is 5.58. The zero-order valence-corrected chi connectivity index (χ0v) is 11.2. The number of methoxy groups -OCH3 is 2. The molecule has 0 aliphatic rings. The quantitative estimate of drug-likeness (QED) is 0.372. The number of carbonyl (C=O) groups is 2. The first-order chi connectivity index (χ1) is 8.47. The van der Waals surface area contributed by atoms with Crippen molar-refractivity contribution < 1.29 is 19.1 Å². The largest absolute Gasteiger partial charge is 0.385 e. The Morgan fingerprint density at radius 2 is 1.83 bits per heavy atom. The van der Waals surface area contributed by atoms with Gasteiger partial charge in [-0.05, 0) is 12.8 Å². The maximum Gasteiger partial charge on any atom is 0.314 e. The molecule has 0 spiro atoms. The number of ether oxygens (including phenoxy) is 2. The van der Waals surface area contributed by atoms with Crippen LogP contribution in [-0.4, -0.2) is 45.7 Å². The lowest BCUT2D eigenvalue weighted by molar-refractivity contribution is 0.0798. The van der Waals surface area contributed by atoms with Crippen LogP contribution in [0, 0.1) is 0 Å². The second-order valence-electron chi connectivity index (χ2n) is 3.28. The lowest BCUT2D eigenvalue weighted by Gasteiger charge is -2.11. The molecule has 8 heteroatoms. The third-order valence-corrected chi connectivity index (χ3v) is 1.78. The van der Waals surface area contributed by atoms with E-state index in [4.69, 9.17) is 20.9 Å². The van der Waals surface area contributed by atoms with Gasteiger partial charge in [-0.25, -0.2) is 9.59 Å². The number of rotatable bonds is 7. The average molecular weight is 264 g/mol. The Labute approximate surface area is 107 Å². The highest BCUT2D eigenvalue weighted by molar-refractivity contribution is 5.71. The summed E-state index contributed by atoms with van der Waals surface area (Å²) in [5.74, 6) is 0. The monoisotopic (exact) mass is 264 g/mol. The van der Waals surface area contributed by atoms with Gasteiger partial charge in [0.15, 0.2) is 0 Å². The third kappa shape index (κ3) is 16.9. The Morgan fingerprint density at radius 3 is 2.11 bits per heavy atom. The van der Waals surface area contributed by atoms with Crippen molar-refractivity contribution in [3.8, 4) is 0 Å². The molecule has 0 rings (SSSR count). The van der Waals surface area contributed by atoms with Crippen LogP contribution in [0.4, 0.5) is 9.59 Å². The van der Waals surface area contributed by atoms with Crippen molar-refractivity contribution >= 4 is 12.1 Å². The van der Waals surface area contributed by atoms with Gasteiger partial charge in [0.05, 0.1) is 0 Å². The van der Waals surface area contributed by atoms with E-state index >= 15 is 0 Å². The molecule has 0 radical (unpaired) electrons. The number of primary amides is 2. The van der Waals surface area contributed by atoms with E-state index in [0.717, 1.165) is 12.8 Å². The van der Waals surface area contributed by atoms with Crippen molar-refractivity contribution in [2.24, 2.45) is 11.5 Å². The molecule has 6 N–H and O–H groups in total. The van der Waals surface area contributed by atoms with Gasteiger partial charge >= 0.3 is 12.1 Å². The Hall–Kier alpha value is -1.54. The molecule has 0 aliphatic heterocycles. The zero-order chi connectivity index (χ0) is 14.4. The van der Waals surface area contributed by atoms with Crippen molar-refractivity contribution in [2.45, 2.75) is 26.0 Å². The molecule has 0 aromatic heterocycles. The van der Waals surface area contributed by atoms with E-state index in [9.17, 15) is 9.59 Å². The maximum absolute atomic E-state index is 10.2. The van der Waals surface area contributed by atoms with E-state index in [1.54, 1.807) is 7.11 Å². The van der Waals surface area contributed by atoms with Crippen LogP contribution in [0.3, 0.4) is 0 Å². The van der Waals surface area contributed by atoms with Crippen molar-refractivity contribution in [1.29, 1.82) is 0 Å². The molecule has 0 aromatic rings. The molecule has 18 heavy (non-hydrogen) atoms. The van der Waals surface area contributed by atoms with Crippen molar-refractivity contribution in [3.05, 3.63) is 0 Å². The number of urea groups is 2. The summed E-state index contributed by atoms with van der Waals surface area (Å²) in [5.41, 5.74) is 9.60. The summed E-state index contributed by atoms with van der Waals surface area (Å²) in [7, 11) is 3.13. The van der Waals surface area contributed by atoms with Crippen LogP contribution < -0.4 is 22.1 Å². The highest BCUT2D eigenvalue weighted by atomic mass is 16.5. The van der Waals surface area contributed by atoms with Gasteiger partial charge in [-0.1, -0.05) is 6.92 Å². The predicted molar refractivity (Wildman–Crippen MR) is 67.9 cm³/mol. The minimum absolute atomic E-state index is 0.248. The molecule has 0 saturated heterocycles. The lowest BCUT2D eigenvalue weighted by Crippen LogP contribution is -2.39. The van der Waals surface area contributed by atoms with E-state index in [2.05, 4.69) is 10.6 Å². The summed E-state index contributed by atoms with van der Waals surface area (Å²) >= 11 is 0. The Kier molecular flexibility index (Phi) is 14.1. The Bertz CT molecular complexity index is 222. The number of carbonyl (C=O) groups excluding carboxylic acids is 2. The van der Waals surface area contributed by atoms with Crippen molar-refractivity contribution in [2.75, 3.05) is 27.4 Å². The Balaban J connectivity index is 0. The topological polar surface area (TPSA) is 129 Å². The first kappa shape index (κ1) is 18.8. The highest BCUT2D eigenvalue weighted by Gasteiger charge is 2.03. The van der Waals surface area contributed by atoms with Gasteiger partial charge in [0, 0.05) is 27.4 Å². The first-order valence-electron chi connectivity index (χ1n) is 5.58. The van der Waals surface area contributed by atoms with Gasteiger partial charge in [-0.15, -0.1) is 0 Å². The smallest absolute Gasteiger partial charge is 0.314 e. The summed E-state index contributed by atoms with van der Waals surface area (Å²) < 4.78 is 9.53. The second-order valence-corrected chi connectivity index (χ2v) is 3.28. The SMILES string of the molecule is CCC(NC(N)=O)OC.COCCCNC(N)=O. The van der Waals surface area contributed by atoms with E-state index in [0.29, 0.717) is 13.2 Å². The number of hydrogen-bond donors (Lipinski definition) is 4. The zero-order valence-electron chi connectivity index (χ0n) is 11.2. The van der Waals surface area contributed by atoms with E-state index < -0.39 is 12.1 Å². The summed E-state index contributed by atoms with van der Waals surface area (Å²) in [6, 6.07) is -1.03. The highest BCUT2D eigenvalue weighted by Crippen LogP contribution is 1.88. The standard InChI is InChI=1S/2C5H12N2O2/c1-9-4-2-3-7-5(6)8;1-3-4(9-2)7-5(6)8/h2-4H2,1H3,(H3,6,7,8);4H,3H2,1-2H3,(H3,6,7,8). The van der Waals surface area contributed by atoms with Crippen LogP contribution in [0.2, 0.25) is 0 Å². The van der Waals surface area contributed by atoms with Crippen LogP contribution in [0.15, 0.2) is 0 Å². The molecule has 0 aromatic carbocycles. The Morgan fingerprint density at radius 1 is 1.22 bits per heavy atom. The molecule has 0 saturated carbocycles. The van der Waals surface area contributed by atoms with Crippen LogP contribution in [0.25, 0.3) is 0 Å². The van der Waals surface area contributed by atoms with Crippen LogP contribution in [0.5, 0.6) is 0 Å². The molecule has 8 nitrogen and oxygen atoms in total. The normalized spacial score (nSPS) is 10.8. The molecular formula is C10H24N4O4. The molecule has 0 bridgehead atoms. The van der Waals surface area contributed by atoms with Crippen molar-refractivity contribution in [3.63, 3.8) is 0 Å². The third-order valence-electron chi connectivity index (χ3n) is 1.78. The summed E-state index contributed by atoms with van der Waals surface area (Å²) in [6.07, 6.45) is 1.28. The fourth-order valence-corrected chi connectivity index (χ4v) is 0.914. The van der Waals surface area contributed by atoms with E-state index in [-0.39, 0.29) is 6.23 Å². The van der Waals surface area contributed by atoms with Gasteiger partial charge in [0.1, 0.15) is 6.23 Å². The van der Waals surface area contributed by atoms with E-state index in [1.807, 2.05) is 6.92 Å². The molecule has 1 unspecified atom stereocenters. The summed E-state index contributed by atoms with van der Waals surface area (Å²) in [6.45, 7) is 3.13. The van der Waals surface area contributed by atoms with Gasteiger partial charge in [0.2, 0.25) is 0 Å². The lowest BCUT2D eigenvalue weighted by atomic mass is 10.4.